The number of anilines is 3. The van der Waals surface area contributed by atoms with Crippen LogP contribution in [0.1, 0.15) is 0 Å². The lowest BCUT2D eigenvalue weighted by Gasteiger charge is -2.26. The lowest BCUT2D eigenvalue weighted by molar-refractivity contribution is 0.669. The molecule has 0 fully saturated rings. The first-order valence-corrected chi connectivity index (χ1v) is 17.4. The van der Waals surface area contributed by atoms with Crippen LogP contribution in [0.5, 0.6) is 0 Å². The van der Waals surface area contributed by atoms with Gasteiger partial charge in [0.25, 0.3) is 0 Å². The summed E-state index contributed by atoms with van der Waals surface area (Å²) >= 11 is 1.85. The lowest BCUT2D eigenvalue weighted by atomic mass is 9.95. The third-order valence-electron chi connectivity index (χ3n) is 9.65. The smallest absolute Gasteiger partial charge is 0.136 e. The van der Waals surface area contributed by atoms with Crippen LogP contribution in [0.25, 0.3) is 75.1 Å². The number of hydrogen-bond donors (Lipinski definition) is 0. The van der Waals surface area contributed by atoms with Crippen LogP contribution in [0.2, 0.25) is 0 Å². The highest BCUT2D eigenvalue weighted by Crippen LogP contribution is 2.45. The monoisotopic (exact) mass is 643 g/mol. The van der Waals surface area contributed by atoms with Gasteiger partial charge < -0.3 is 9.32 Å². The van der Waals surface area contributed by atoms with Crippen molar-refractivity contribution in [2.45, 2.75) is 0 Å². The maximum atomic E-state index is 6.61. The molecule has 0 saturated carbocycles. The van der Waals surface area contributed by atoms with Gasteiger partial charge in [0, 0.05) is 48.0 Å². The van der Waals surface area contributed by atoms with Crippen LogP contribution in [0.4, 0.5) is 17.1 Å². The van der Waals surface area contributed by atoms with Crippen LogP contribution in [0.15, 0.2) is 180 Å². The Morgan fingerprint density at radius 1 is 0.367 bits per heavy atom. The molecular formula is C46H29NOS. The predicted octanol–water partition coefficient (Wildman–Crippen LogP) is 13.9. The van der Waals surface area contributed by atoms with Gasteiger partial charge in [0.1, 0.15) is 11.2 Å². The molecule has 0 N–H and O–H groups in total. The molecule has 230 valence electrons. The Morgan fingerprint density at radius 2 is 0.939 bits per heavy atom. The molecule has 0 radical (unpaired) electrons. The first-order valence-electron chi connectivity index (χ1n) is 16.6. The fourth-order valence-electron chi connectivity index (χ4n) is 7.36. The van der Waals surface area contributed by atoms with Gasteiger partial charge in [0.05, 0.1) is 0 Å². The molecule has 49 heavy (non-hydrogen) atoms. The minimum absolute atomic E-state index is 0.882. The number of furan rings is 1. The number of nitrogens with zero attached hydrogens (tertiary/aromatic N) is 1. The average Bonchev–Trinajstić information content (AvgIpc) is 3.73. The molecule has 0 aliphatic rings. The molecule has 2 heterocycles. The Hall–Kier alpha value is -6.16. The maximum absolute atomic E-state index is 6.61. The molecule has 0 aliphatic carbocycles. The van der Waals surface area contributed by atoms with E-state index in [-0.39, 0.29) is 0 Å². The minimum atomic E-state index is 0.882. The molecule has 0 unspecified atom stereocenters. The molecule has 2 nitrogen and oxygen atoms in total. The van der Waals surface area contributed by atoms with Crippen molar-refractivity contribution in [2.75, 3.05) is 4.90 Å². The molecule has 0 bridgehead atoms. The van der Waals surface area contributed by atoms with E-state index in [0.717, 1.165) is 39.0 Å². The average molecular weight is 644 g/mol. The second-order valence-electron chi connectivity index (χ2n) is 12.5. The molecular weight excluding hydrogens is 615 g/mol. The van der Waals surface area contributed by atoms with Gasteiger partial charge in [-0.05, 0) is 93.7 Å². The molecule has 10 aromatic rings. The Bertz CT molecular complexity index is 2810. The minimum Gasteiger partial charge on any atom is -0.456 e. The van der Waals surface area contributed by atoms with Crippen molar-refractivity contribution < 1.29 is 4.42 Å². The van der Waals surface area contributed by atoms with Gasteiger partial charge in [-0.25, -0.2) is 0 Å². The molecule has 0 atom stereocenters. The van der Waals surface area contributed by atoms with Gasteiger partial charge >= 0.3 is 0 Å². The van der Waals surface area contributed by atoms with Crippen molar-refractivity contribution in [1.82, 2.24) is 0 Å². The van der Waals surface area contributed by atoms with E-state index in [9.17, 15) is 0 Å². The fourth-order valence-corrected chi connectivity index (χ4v) is 8.44. The van der Waals surface area contributed by atoms with E-state index >= 15 is 0 Å². The molecule has 0 spiro atoms. The predicted molar refractivity (Wildman–Crippen MR) is 210 cm³/mol. The van der Waals surface area contributed by atoms with Gasteiger partial charge in [-0.2, -0.15) is 0 Å². The van der Waals surface area contributed by atoms with Crippen molar-refractivity contribution in [3.05, 3.63) is 176 Å². The van der Waals surface area contributed by atoms with Crippen LogP contribution in [0, 0.1) is 0 Å². The molecule has 0 amide bonds. The summed E-state index contributed by atoms with van der Waals surface area (Å²) in [6.45, 7) is 0. The Morgan fingerprint density at radius 3 is 1.71 bits per heavy atom. The molecule has 2 aromatic heterocycles. The highest BCUT2D eigenvalue weighted by molar-refractivity contribution is 7.25. The fraction of sp³-hybridized carbons (Fsp3) is 0. The second-order valence-corrected chi connectivity index (χ2v) is 13.6. The van der Waals surface area contributed by atoms with E-state index in [2.05, 4.69) is 181 Å². The number of hydrogen-bond acceptors (Lipinski definition) is 3. The Kier molecular flexibility index (Phi) is 6.39. The van der Waals surface area contributed by atoms with Gasteiger partial charge in [-0.3, -0.25) is 0 Å². The summed E-state index contributed by atoms with van der Waals surface area (Å²) in [5.74, 6) is 0. The zero-order valence-electron chi connectivity index (χ0n) is 26.5. The van der Waals surface area contributed by atoms with E-state index in [1.54, 1.807) is 0 Å². The number of thiophene rings is 1. The van der Waals surface area contributed by atoms with Crippen molar-refractivity contribution in [3.8, 4) is 22.3 Å². The molecule has 8 aromatic carbocycles. The summed E-state index contributed by atoms with van der Waals surface area (Å²) in [5.41, 5.74) is 9.84. The van der Waals surface area contributed by atoms with Crippen molar-refractivity contribution >= 4 is 81.3 Å². The summed E-state index contributed by atoms with van der Waals surface area (Å²) < 4.78 is 9.21. The number of fused-ring (bicyclic) bond motifs is 8. The summed E-state index contributed by atoms with van der Waals surface area (Å²) in [6.07, 6.45) is 0. The first kappa shape index (κ1) is 27.9. The van der Waals surface area contributed by atoms with E-state index in [0.29, 0.717) is 0 Å². The first-order chi connectivity index (χ1) is 24.3. The SMILES string of the molecule is c1ccc(-c2ccc(N(c3ccc4sc5ccccc5c4c3)c3ccc4oc5cc(-c6ccccc6)c6ccccc6c5c4c3)cc2)cc1. The number of benzene rings is 8. The van der Waals surface area contributed by atoms with Crippen LogP contribution in [-0.4, -0.2) is 0 Å². The normalized spacial score (nSPS) is 11.7. The molecule has 3 heteroatoms. The van der Waals surface area contributed by atoms with Gasteiger partial charge in [0.15, 0.2) is 0 Å². The zero-order valence-corrected chi connectivity index (χ0v) is 27.3. The summed E-state index contributed by atoms with van der Waals surface area (Å²) in [5, 5.41) is 7.23. The zero-order chi connectivity index (χ0) is 32.3. The third kappa shape index (κ3) is 4.62. The standard InChI is InChI=1S/C46H29NOS/c1-3-11-30(12-4-1)31-19-21-33(22-20-31)47(35-24-26-45-40(27-35)37-16-9-10-18-44(37)49-45)34-23-25-42-41(28-34)46-38-17-8-7-15-36(38)39(29-43(46)48-42)32-13-5-2-6-14-32/h1-29H. The second kappa shape index (κ2) is 11.2. The number of rotatable bonds is 5. The molecule has 0 saturated heterocycles. The van der Waals surface area contributed by atoms with Crippen LogP contribution < -0.4 is 4.90 Å². The van der Waals surface area contributed by atoms with Crippen LogP contribution in [0.3, 0.4) is 0 Å². The summed E-state index contributed by atoms with van der Waals surface area (Å²) in [4.78, 5) is 2.37. The van der Waals surface area contributed by atoms with Crippen LogP contribution >= 0.6 is 11.3 Å². The highest BCUT2D eigenvalue weighted by atomic mass is 32.1. The topological polar surface area (TPSA) is 16.4 Å². The molecule has 10 rings (SSSR count). The van der Waals surface area contributed by atoms with E-state index in [1.165, 1.54) is 53.2 Å². The van der Waals surface area contributed by atoms with Crippen molar-refractivity contribution in [1.29, 1.82) is 0 Å². The van der Waals surface area contributed by atoms with E-state index in [1.807, 2.05) is 11.3 Å². The van der Waals surface area contributed by atoms with Crippen molar-refractivity contribution in [2.24, 2.45) is 0 Å². The van der Waals surface area contributed by atoms with Gasteiger partial charge in [0.2, 0.25) is 0 Å². The van der Waals surface area contributed by atoms with E-state index < -0.39 is 0 Å². The third-order valence-corrected chi connectivity index (χ3v) is 10.8. The van der Waals surface area contributed by atoms with Gasteiger partial charge in [-0.1, -0.05) is 115 Å². The lowest BCUT2D eigenvalue weighted by Crippen LogP contribution is -2.09. The Labute approximate surface area is 287 Å². The summed E-state index contributed by atoms with van der Waals surface area (Å²) in [7, 11) is 0. The molecule has 0 aliphatic heterocycles. The van der Waals surface area contributed by atoms with E-state index in [4.69, 9.17) is 4.42 Å². The van der Waals surface area contributed by atoms with Gasteiger partial charge in [-0.15, -0.1) is 11.3 Å². The maximum Gasteiger partial charge on any atom is 0.136 e. The Balaban J connectivity index is 1.19. The summed E-state index contributed by atoms with van der Waals surface area (Å²) in [6, 6.07) is 63.2. The van der Waals surface area contributed by atoms with Crippen LogP contribution in [-0.2, 0) is 0 Å². The van der Waals surface area contributed by atoms with Crippen molar-refractivity contribution in [3.63, 3.8) is 0 Å². The highest BCUT2D eigenvalue weighted by Gasteiger charge is 2.19. The largest absolute Gasteiger partial charge is 0.456 e. The quantitative estimate of drug-likeness (QED) is 0.186.